The average molecular weight is 410 g/mol. The van der Waals surface area contributed by atoms with Crippen molar-refractivity contribution < 1.29 is 23.9 Å². The molecule has 1 aliphatic rings. The molecule has 0 aliphatic carbocycles. The summed E-state index contributed by atoms with van der Waals surface area (Å²) in [6.45, 7) is 2.17. The van der Waals surface area contributed by atoms with Crippen molar-refractivity contribution in [2.75, 3.05) is 25.6 Å². The summed E-state index contributed by atoms with van der Waals surface area (Å²) in [7, 11) is 3.20. The second-order valence-electron chi connectivity index (χ2n) is 7.34. The molecule has 2 aromatic rings. The number of rotatable bonds is 7. The van der Waals surface area contributed by atoms with Crippen molar-refractivity contribution in [2.24, 2.45) is 5.92 Å². The highest BCUT2D eigenvalue weighted by atomic mass is 16.5. The predicted octanol–water partition coefficient (Wildman–Crippen LogP) is 2.64. The zero-order chi connectivity index (χ0) is 21.7. The lowest BCUT2D eigenvalue weighted by Crippen LogP contribution is -2.38. The number of benzene rings is 2. The molecule has 2 atom stereocenters. The highest BCUT2D eigenvalue weighted by Gasteiger charge is 2.38. The van der Waals surface area contributed by atoms with Gasteiger partial charge in [-0.1, -0.05) is 42.5 Å². The third kappa shape index (κ3) is 4.79. The van der Waals surface area contributed by atoms with Crippen molar-refractivity contribution in [1.29, 1.82) is 0 Å². The third-order valence-corrected chi connectivity index (χ3v) is 5.11. The van der Waals surface area contributed by atoms with Gasteiger partial charge in [0.1, 0.15) is 5.75 Å². The van der Waals surface area contributed by atoms with E-state index in [0.717, 1.165) is 5.56 Å². The Bertz CT molecular complexity index is 915. The number of anilines is 1. The molecule has 0 saturated carbocycles. The Morgan fingerprint density at radius 2 is 1.80 bits per heavy atom. The maximum atomic E-state index is 12.6. The Kier molecular flexibility index (Phi) is 6.72. The van der Waals surface area contributed by atoms with E-state index in [4.69, 9.17) is 9.47 Å². The van der Waals surface area contributed by atoms with Crippen LogP contribution in [-0.2, 0) is 25.7 Å². The third-order valence-electron chi connectivity index (χ3n) is 5.11. The Morgan fingerprint density at radius 1 is 1.13 bits per heavy atom. The first kappa shape index (κ1) is 21.4. The van der Waals surface area contributed by atoms with Crippen LogP contribution in [0.25, 0.3) is 0 Å². The van der Waals surface area contributed by atoms with Gasteiger partial charge in [-0.05, 0) is 24.6 Å². The number of nitrogens with zero attached hydrogens (tertiary/aromatic N) is 2. The van der Waals surface area contributed by atoms with Gasteiger partial charge in [-0.25, -0.2) is 0 Å². The molecular weight excluding hydrogens is 384 g/mol. The summed E-state index contributed by atoms with van der Waals surface area (Å²) in [6.07, 6.45) is -0.890. The van der Waals surface area contributed by atoms with E-state index in [-0.39, 0.29) is 24.8 Å². The Hall–Kier alpha value is -3.35. The summed E-state index contributed by atoms with van der Waals surface area (Å²) in [5.41, 5.74) is 1.60. The summed E-state index contributed by atoms with van der Waals surface area (Å²) in [6, 6.07) is 16.7. The average Bonchev–Trinajstić information content (AvgIpc) is 3.15. The molecule has 30 heavy (non-hydrogen) atoms. The Labute approximate surface area is 176 Å². The fourth-order valence-electron chi connectivity index (χ4n) is 3.52. The van der Waals surface area contributed by atoms with Crippen LogP contribution < -0.4 is 9.64 Å². The number of carbonyl (C=O) groups excluding carboxylic acids is 3. The summed E-state index contributed by atoms with van der Waals surface area (Å²) < 4.78 is 10.7. The molecule has 3 rings (SSSR count). The maximum Gasteiger partial charge on any atom is 0.312 e. The van der Waals surface area contributed by atoms with Gasteiger partial charge >= 0.3 is 5.97 Å². The van der Waals surface area contributed by atoms with Crippen LogP contribution in [0.5, 0.6) is 5.75 Å². The van der Waals surface area contributed by atoms with E-state index in [1.807, 2.05) is 36.4 Å². The summed E-state index contributed by atoms with van der Waals surface area (Å²) in [5.74, 6) is -1.09. The molecule has 0 radical (unpaired) electrons. The highest BCUT2D eigenvalue weighted by Crippen LogP contribution is 2.33. The highest BCUT2D eigenvalue weighted by molar-refractivity contribution is 6.00. The molecule has 1 aliphatic heterocycles. The lowest BCUT2D eigenvalue weighted by Gasteiger charge is -2.23. The van der Waals surface area contributed by atoms with Gasteiger partial charge in [0.05, 0.1) is 18.7 Å². The Balaban J connectivity index is 1.59. The molecule has 0 unspecified atom stereocenters. The molecule has 2 aromatic carbocycles. The minimum atomic E-state index is -0.929. The van der Waals surface area contributed by atoms with Crippen molar-refractivity contribution in [3.05, 3.63) is 60.2 Å². The lowest BCUT2D eigenvalue weighted by atomic mass is 10.1. The van der Waals surface area contributed by atoms with Crippen LogP contribution in [0.1, 0.15) is 18.9 Å². The van der Waals surface area contributed by atoms with E-state index in [0.29, 0.717) is 18.0 Å². The second-order valence-corrected chi connectivity index (χ2v) is 7.34. The molecule has 1 fully saturated rings. The van der Waals surface area contributed by atoms with Gasteiger partial charge in [-0.15, -0.1) is 0 Å². The minimum absolute atomic E-state index is 0.0393. The van der Waals surface area contributed by atoms with Gasteiger partial charge in [0.2, 0.25) is 5.91 Å². The minimum Gasteiger partial charge on any atom is -0.495 e. The lowest BCUT2D eigenvalue weighted by molar-refractivity contribution is -0.161. The van der Waals surface area contributed by atoms with Gasteiger partial charge in [0.15, 0.2) is 6.10 Å². The largest absolute Gasteiger partial charge is 0.495 e. The van der Waals surface area contributed by atoms with E-state index in [1.165, 1.54) is 16.9 Å². The van der Waals surface area contributed by atoms with Crippen LogP contribution in [0.15, 0.2) is 54.6 Å². The smallest absolute Gasteiger partial charge is 0.312 e. The normalized spacial score (nSPS) is 16.8. The number of methoxy groups -OCH3 is 1. The topological polar surface area (TPSA) is 76.2 Å². The number of ether oxygens (including phenoxy) is 2. The SMILES string of the molecule is COc1ccccc1N1C[C@H](C(=O)O[C@@H](C)C(=O)N(C)Cc2ccccc2)CC1=O. The Morgan fingerprint density at radius 3 is 2.50 bits per heavy atom. The summed E-state index contributed by atoms with van der Waals surface area (Å²) in [4.78, 5) is 40.7. The molecule has 0 bridgehead atoms. The van der Waals surface area contributed by atoms with Crippen molar-refractivity contribution in [2.45, 2.75) is 26.0 Å². The predicted molar refractivity (Wildman–Crippen MR) is 112 cm³/mol. The molecule has 158 valence electrons. The van der Waals surface area contributed by atoms with Crippen LogP contribution in [0.2, 0.25) is 0 Å². The first-order valence-corrected chi connectivity index (χ1v) is 9.83. The number of hydrogen-bond acceptors (Lipinski definition) is 5. The molecule has 1 saturated heterocycles. The molecule has 1 heterocycles. The van der Waals surface area contributed by atoms with Crippen LogP contribution >= 0.6 is 0 Å². The molecule has 0 spiro atoms. The van der Waals surface area contributed by atoms with Crippen molar-refractivity contribution >= 4 is 23.5 Å². The standard InChI is InChI=1S/C23H26N2O5/c1-16(22(27)24(2)14-17-9-5-4-6-10-17)30-23(28)18-13-21(26)25(15-18)19-11-7-8-12-20(19)29-3/h4-12,16,18H,13-15H2,1-3H3/t16-,18+/m0/s1. The van der Waals surface area contributed by atoms with E-state index in [1.54, 1.807) is 32.2 Å². The van der Waals surface area contributed by atoms with Crippen molar-refractivity contribution in [3.8, 4) is 5.75 Å². The molecule has 0 N–H and O–H groups in total. The van der Waals surface area contributed by atoms with Gasteiger partial charge in [0.25, 0.3) is 5.91 Å². The first-order chi connectivity index (χ1) is 14.4. The number of likely N-dealkylation sites (N-methyl/N-ethyl adjacent to an activating group) is 1. The van der Waals surface area contributed by atoms with Gasteiger partial charge in [-0.2, -0.15) is 0 Å². The zero-order valence-electron chi connectivity index (χ0n) is 17.4. The summed E-state index contributed by atoms with van der Waals surface area (Å²) in [5, 5.41) is 0. The fraction of sp³-hybridized carbons (Fsp3) is 0.348. The van der Waals surface area contributed by atoms with Crippen LogP contribution in [-0.4, -0.2) is 49.5 Å². The van der Waals surface area contributed by atoms with E-state index >= 15 is 0 Å². The number of amides is 2. The number of esters is 1. The van der Waals surface area contributed by atoms with Crippen LogP contribution in [0, 0.1) is 5.92 Å². The van der Waals surface area contributed by atoms with Crippen LogP contribution in [0.4, 0.5) is 5.69 Å². The molecular formula is C23H26N2O5. The monoisotopic (exact) mass is 410 g/mol. The first-order valence-electron chi connectivity index (χ1n) is 9.83. The molecule has 7 nitrogen and oxygen atoms in total. The molecule has 2 amide bonds. The van der Waals surface area contributed by atoms with Gasteiger partial charge in [0, 0.05) is 26.6 Å². The van der Waals surface area contributed by atoms with E-state index in [2.05, 4.69) is 0 Å². The van der Waals surface area contributed by atoms with Crippen molar-refractivity contribution in [3.63, 3.8) is 0 Å². The van der Waals surface area contributed by atoms with Gasteiger partial charge < -0.3 is 19.3 Å². The summed E-state index contributed by atoms with van der Waals surface area (Å²) >= 11 is 0. The van der Waals surface area contributed by atoms with Crippen LogP contribution in [0.3, 0.4) is 0 Å². The van der Waals surface area contributed by atoms with Gasteiger partial charge in [-0.3, -0.25) is 14.4 Å². The number of para-hydroxylation sites is 2. The fourth-order valence-corrected chi connectivity index (χ4v) is 3.52. The zero-order valence-corrected chi connectivity index (χ0v) is 17.4. The van der Waals surface area contributed by atoms with E-state index in [9.17, 15) is 14.4 Å². The quantitative estimate of drug-likeness (QED) is 0.656. The number of carbonyl (C=O) groups is 3. The van der Waals surface area contributed by atoms with Crippen molar-refractivity contribution in [1.82, 2.24) is 4.90 Å². The molecule has 0 aromatic heterocycles. The number of hydrogen-bond donors (Lipinski definition) is 0. The van der Waals surface area contributed by atoms with E-state index < -0.39 is 18.0 Å². The molecule has 7 heteroatoms. The second kappa shape index (κ2) is 9.43. The maximum absolute atomic E-state index is 12.6.